The Morgan fingerprint density at radius 1 is 1.23 bits per heavy atom. The zero-order valence-corrected chi connectivity index (χ0v) is 15.7. The van der Waals surface area contributed by atoms with Crippen molar-refractivity contribution >= 4 is 35.0 Å². The quantitative estimate of drug-likeness (QED) is 0.882. The number of anilines is 3. The second-order valence-corrected chi connectivity index (χ2v) is 6.43. The van der Waals surface area contributed by atoms with Gasteiger partial charge in [-0.3, -0.25) is 0 Å². The van der Waals surface area contributed by atoms with Crippen molar-refractivity contribution in [3.63, 3.8) is 0 Å². The van der Waals surface area contributed by atoms with Gasteiger partial charge in [-0.05, 0) is 31.5 Å². The van der Waals surface area contributed by atoms with Crippen molar-refractivity contribution in [1.82, 2.24) is 14.9 Å². The Kier molecular flexibility index (Phi) is 5.78. The second kappa shape index (κ2) is 8.23. The van der Waals surface area contributed by atoms with Gasteiger partial charge in [0.15, 0.2) is 0 Å². The Labute approximate surface area is 157 Å². The van der Waals surface area contributed by atoms with Crippen LogP contribution in [-0.4, -0.2) is 53.7 Å². The largest absolute Gasteiger partial charge is 0.450 e. The molecule has 1 saturated heterocycles. The molecule has 0 radical (unpaired) electrons. The average molecular weight is 376 g/mol. The minimum Gasteiger partial charge on any atom is -0.450 e. The zero-order chi connectivity index (χ0) is 18.5. The molecule has 0 unspecified atom stereocenters. The first-order valence-corrected chi connectivity index (χ1v) is 8.96. The summed E-state index contributed by atoms with van der Waals surface area (Å²) in [5, 5.41) is 3.96. The van der Waals surface area contributed by atoms with E-state index in [0.717, 1.165) is 17.1 Å². The Morgan fingerprint density at radius 3 is 2.69 bits per heavy atom. The van der Waals surface area contributed by atoms with E-state index in [9.17, 15) is 4.79 Å². The Morgan fingerprint density at radius 2 is 2.00 bits per heavy atom. The van der Waals surface area contributed by atoms with E-state index in [1.807, 2.05) is 38.1 Å². The van der Waals surface area contributed by atoms with Crippen molar-refractivity contribution in [2.45, 2.75) is 13.8 Å². The number of halogens is 1. The number of aromatic nitrogens is 2. The number of hydrogen-bond acceptors (Lipinski definition) is 6. The molecule has 0 spiro atoms. The van der Waals surface area contributed by atoms with Crippen molar-refractivity contribution in [1.29, 1.82) is 0 Å². The molecule has 0 aliphatic carbocycles. The number of benzene rings is 1. The maximum atomic E-state index is 11.8. The van der Waals surface area contributed by atoms with E-state index < -0.39 is 0 Å². The van der Waals surface area contributed by atoms with E-state index in [2.05, 4.69) is 20.2 Å². The molecule has 1 aromatic carbocycles. The molecule has 2 aromatic rings. The van der Waals surface area contributed by atoms with Gasteiger partial charge in [0.25, 0.3) is 0 Å². The van der Waals surface area contributed by atoms with Crippen LogP contribution < -0.4 is 10.2 Å². The normalized spacial score (nSPS) is 14.3. The summed E-state index contributed by atoms with van der Waals surface area (Å²) in [7, 11) is 0. The topological polar surface area (TPSA) is 70.6 Å². The van der Waals surface area contributed by atoms with Gasteiger partial charge in [0.1, 0.15) is 18.0 Å². The minimum absolute atomic E-state index is 0.256. The van der Waals surface area contributed by atoms with Crippen molar-refractivity contribution in [2.24, 2.45) is 0 Å². The molecule has 1 aliphatic rings. The summed E-state index contributed by atoms with van der Waals surface area (Å²) >= 11 is 6.17. The predicted molar refractivity (Wildman–Crippen MR) is 102 cm³/mol. The molecule has 0 atom stereocenters. The third-order valence-electron chi connectivity index (χ3n) is 4.23. The van der Waals surface area contributed by atoms with Crippen LogP contribution in [0.3, 0.4) is 0 Å². The Hall–Kier alpha value is -2.54. The minimum atomic E-state index is -0.256. The monoisotopic (exact) mass is 375 g/mol. The van der Waals surface area contributed by atoms with Crippen molar-refractivity contribution in [2.75, 3.05) is 43.0 Å². The van der Waals surface area contributed by atoms with Crippen LogP contribution in [0.15, 0.2) is 30.6 Å². The number of ether oxygens (including phenoxy) is 1. The molecular weight excluding hydrogens is 354 g/mol. The number of amides is 1. The highest BCUT2D eigenvalue weighted by molar-refractivity contribution is 6.31. The SMILES string of the molecule is CCOC(=O)N1CCN(c2cc(Nc3ccc(C)c(Cl)c3)ncn2)CC1. The summed E-state index contributed by atoms with van der Waals surface area (Å²) in [5.74, 6) is 1.52. The van der Waals surface area contributed by atoms with Gasteiger partial charge in [-0.25, -0.2) is 14.8 Å². The summed E-state index contributed by atoms with van der Waals surface area (Å²) in [6.07, 6.45) is 1.28. The van der Waals surface area contributed by atoms with E-state index in [1.165, 1.54) is 6.33 Å². The van der Waals surface area contributed by atoms with Gasteiger partial charge in [0.2, 0.25) is 0 Å². The van der Waals surface area contributed by atoms with E-state index in [4.69, 9.17) is 16.3 Å². The maximum Gasteiger partial charge on any atom is 0.409 e. The van der Waals surface area contributed by atoms with Crippen LogP contribution in [0.25, 0.3) is 0 Å². The van der Waals surface area contributed by atoms with Crippen molar-refractivity contribution in [3.8, 4) is 0 Å². The molecule has 1 N–H and O–H groups in total. The first-order valence-electron chi connectivity index (χ1n) is 8.58. The molecule has 0 bridgehead atoms. The maximum absolute atomic E-state index is 11.8. The molecule has 7 nitrogen and oxygen atoms in total. The standard InChI is InChI=1S/C18H22ClN5O2/c1-3-26-18(25)24-8-6-23(7-9-24)17-11-16(20-12-21-17)22-14-5-4-13(2)15(19)10-14/h4-5,10-12H,3,6-9H2,1-2H3,(H,20,21,22). The smallest absolute Gasteiger partial charge is 0.409 e. The fraction of sp³-hybridized carbons (Fsp3) is 0.389. The van der Waals surface area contributed by atoms with E-state index >= 15 is 0 Å². The Balaban J connectivity index is 1.64. The van der Waals surface area contributed by atoms with Crippen LogP contribution in [-0.2, 0) is 4.74 Å². The average Bonchev–Trinajstić information content (AvgIpc) is 2.65. The van der Waals surface area contributed by atoms with Crippen molar-refractivity contribution < 1.29 is 9.53 Å². The number of carbonyl (C=O) groups excluding carboxylic acids is 1. The summed E-state index contributed by atoms with van der Waals surface area (Å²) in [6.45, 7) is 6.79. The van der Waals surface area contributed by atoms with Gasteiger partial charge < -0.3 is 19.9 Å². The highest BCUT2D eigenvalue weighted by Gasteiger charge is 2.22. The molecule has 26 heavy (non-hydrogen) atoms. The number of carbonyl (C=O) groups is 1. The van der Waals surface area contributed by atoms with Gasteiger partial charge in [-0.15, -0.1) is 0 Å². The third-order valence-corrected chi connectivity index (χ3v) is 4.63. The molecule has 0 saturated carbocycles. The van der Waals surface area contributed by atoms with Gasteiger partial charge in [-0.1, -0.05) is 17.7 Å². The molecule has 2 heterocycles. The lowest BCUT2D eigenvalue weighted by Crippen LogP contribution is -2.49. The lowest BCUT2D eigenvalue weighted by Gasteiger charge is -2.34. The number of nitrogens with one attached hydrogen (secondary N) is 1. The zero-order valence-electron chi connectivity index (χ0n) is 14.9. The van der Waals surface area contributed by atoms with E-state index in [0.29, 0.717) is 43.6 Å². The summed E-state index contributed by atoms with van der Waals surface area (Å²) in [6, 6.07) is 7.69. The highest BCUT2D eigenvalue weighted by Crippen LogP contribution is 2.24. The summed E-state index contributed by atoms with van der Waals surface area (Å²) in [5.41, 5.74) is 1.90. The first-order chi connectivity index (χ1) is 12.6. The van der Waals surface area contributed by atoms with Crippen LogP contribution in [0.2, 0.25) is 5.02 Å². The predicted octanol–water partition coefficient (Wildman–Crippen LogP) is 3.46. The van der Waals surface area contributed by atoms with Crippen LogP contribution in [0.1, 0.15) is 12.5 Å². The van der Waals surface area contributed by atoms with Crippen LogP contribution in [0, 0.1) is 6.92 Å². The molecule has 1 amide bonds. The lowest BCUT2D eigenvalue weighted by atomic mass is 10.2. The molecular formula is C18H22ClN5O2. The number of nitrogens with zero attached hydrogens (tertiary/aromatic N) is 4. The molecule has 8 heteroatoms. The fourth-order valence-corrected chi connectivity index (χ4v) is 2.92. The van der Waals surface area contributed by atoms with Crippen LogP contribution >= 0.6 is 11.6 Å². The molecule has 1 aromatic heterocycles. The summed E-state index contributed by atoms with van der Waals surface area (Å²) < 4.78 is 5.05. The van der Waals surface area contributed by atoms with Crippen molar-refractivity contribution in [3.05, 3.63) is 41.2 Å². The Bertz CT molecular complexity index is 778. The number of piperazine rings is 1. The molecule has 1 fully saturated rings. The third kappa shape index (κ3) is 4.35. The van der Waals surface area contributed by atoms with Gasteiger partial charge >= 0.3 is 6.09 Å². The number of hydrogen-bond donors (Lipinski definition) is 1. The fourth-order valence-electron chi connectivity index (χ4n) is 2.74. The van der Waals surface area contributed by atoms with Gasteiger partial charge in [0.05, 0.1) is 6.61 Å². The molecule has 138 valence electrons. The van der Waals surface area contributed by atoms with Gasteiger partial charge in [-0.2, -0.15) is 0 Å². The molecule has 1 aliphatic heterocycles. The van der Waals surface area contributed by atoms with E-state index in [1.54, 1.807) is 4.90 Å². The summed E-state index contributed by atoms with van der Waals surface area (Å²) in [4.78, 5) is 24.3. The van der Waals surface area contributed by atoms with Gasteiger partial charge in [0, 0.05) is 43.0 Å². The van der Waals surface area contributed by atoms with Crippen LogP contribution in [0.4, 0.5) is 22.1 Å². The van der Waals surface area contributed by atoms with E-state index in [-0.39, 0.29) is 6.09 Å². The second-order valence-electron chi connectivity index (χ2n) is 6.02. The highest BCUT2D eigenvalue weighted by atomic mass is 35.5. The number of aryl methyl sites for hydroxylation is 1. The molecule has 3 rings (SSSR count). The van der Waals surface area contributed by atoms with Crippen LogP contribution in [0.5, 0.6) is 0 Å². The lowest BCUT2D eigenvalue weighted by molar-refractivity contribution is 0.105. The first kappa shape index (κ1) is 18.3. The number of rotatable bonds is 4.